The summed E-state index contributed by atoms with van der Waals surface area (Å²) in [4.78, 5) is 25.3. The third kappa shape index (κ3) is 2.66. The quantitative estimate of drug-likeness (QED) is 0.443. The molecule has 0 spiro atoms. The highest BCUT2D eigenvalue weighted by Crippen LogP contribution is 2.28. The van der Waals surface area contributed by atoms with Gasteiger partial charge in [0.05, 0.1) is 0 Å². The molecule has 0 amide bonds. The van der Waals surface area contributed by atoms with Gasteiger partial charge in [0, 0.05) is 27.9 Å². The van der Waals surface area contributed by atoms with E-state index in [2.05, 4.69) is 0 Å². The Kier molecular flexibility index (Phi) is 3.55. The molecule has 1 aliphatic carbocycles. The van der Waals surface area contributed by atoms with Crippen LogP contribution < -0.4 is 5.73 Å². The Morgan fingerprint density at radius 3 is 1.88 bits per heavy atom. The van der Waals surface area contributed by atoms with Crippen LogP contribution in [0.2, 0.25) is 0 Å². The van der Waals surface area contributed by atoms with Crippen LogP contribution in [0.5, 0.6) is 0 Å². The number of ketones is 2. The van der Waals surface area contributed by atoms with Crippen molar-refractivity contribution in [3.63, 3.8) is 0 Å². The van der Waals surface area contributed by atoms with Crippen molar-refractivity contribution in [1.29, 1.82) is 0 Å². The van der Waals surface area contributed by atoms with E-state index >= 15 is 0 Å². The second-order valence-electron chi connectivity index (χ2n) is 6.01. The number of nitrogen functional groups attached to an aromatic ring is 1. The number of fused-ring (bicyclic) bond motifs is 2. The Labute approximate surface area is 145 Å². The van der Waals surface area contributed by atoms with Crippen LogP contribution in [-0.2, 0) is 0 Å². The van der Waals surface area contributed by atoms with Crippen molar-refractivity contribution < 1.29 is 9.59 Å². The minimum Gasteiger partial charge on any atom is -0.399 e. The van der Waals surface area contributed by atoms with Gasteiger partial charge in [-0.05, 0) is 35.4 Å². The molecule has 2 N–H and O–H groups in total. The number of hydrogen-bond acceptors (Lipinski definition) is 3. The van der Waals surface area contributed by atoms with Gasteiger partial charge in [-0.1, -0.05) is 54.6 Å². The molecule has 4 rings (SSSR count). The normalized spacial score (nSPS) is 13.0. The first-order valence-corrected chi connectivity index (χ1v) is 7.99. The molecule has 0 unspecified atom stereocenters. The van der Waals surface area contributed by atoms with E-state index in [9.17, 15) is 9.59 Å². The van der Waals surface area contributed by atoms with Gasteiger partial charge in [0.2, 0.25) is 0 Å². The Bertz CT molecular complexity index is 1050. The monoisotopic (exact) mass is 325 g/mol. The number of rotatable bonds is 2. The van der Waals surface area contributed by atoms with E-state index in [0.29, 0.717) is 27.9 Å². The van der Waals surface area contributed by atoms with Gasteiger partial charge in [0.25, 0.3) is 0 Å². The van der Waals surface area contributed by atoms with Crippen LogP contribution in [0, 0.1) is 0 Å². The molecule has 0 bridgehead atoms. The SMILES string of the molecule is Nc1cccc(/C=C/c2ccc3c(c2)C(=O)c2ccccc2C3=O)c1. The van der Waals surface area contributed by atoms with E-state index < -0.39 is 0 Å². The summed E-state index contributed by atoms with van der Waals surface area (Å²) in [6.07, 6.45) is 3.84. The highest BCUT2D eigenvalue weighted by Gasteiger charge is 2.28. The molecule has 0 saturated carbocycles. The van der Waals surface area contributed by atoms with Gasteiger partial charge >= 0.3 is 0 Å². The standard InChI is InChI=1S/C22H15NO2/c23-16-5-3-4-14(12-16)8-9-15-10-11-19-20(13-15)22(25)18-7-2-1-6-17(18)21(19)24/h1-13H,23H2/b9-8+. The fraction of sp³-hybridized carbons (Fsp3) is 0. The molecule has 0 atom stereocenters. The van der Waals surface area contributed by atoms with Gasteiger partial charge in [0.15, 0.2) is 11.6 Å². The van der Waals surface area contributed by atoms with Gasteiger partial charge < -0.3 is 5.73 Å². The van der Waals surface area contributed by atoms with Gasteiger partial charge in [0.1, 0.15) is 0 Å². The van der Waals surface area contributed by atoms with E-state index in [4.69, 9.17) is 5.73 Å². The highest BCUT2D eigenvalue weighted by molar-refractivity contribution is 6.28. The molecule has 120 valence electrons. The lowest BCUT2D eigenvalue weighted by atomic mass is 9.83. The number of benzene rings is 3. The maximum absolute atomic E-state index is 12.7. The van der Waals surface area contributed by atoms with Crippen LogP contribution in [0.15, 0.2) is 66.7 Å². The first-order chi connectivity index (χ1) is 12.1. The number of nitrogens with two attached hydrogens (primary N) is 1. The van der Waals surface area contributed by atoms with Crippen molar-refractivity contribution in [3.05, 3.63) is 100 Å². The Morgan fingerprint density at radius 1 is 0.600 bits per heavy atom. The molecule has 3 aromatic carbocycles. The van der Waals surface area contributed by atoms with E-state index in [1.807, 2.05) is 42.5 Å². The summed E-state index contributed by atoms with van der Waals surface area (Å²) in [6.45, 7) is 0. The van der Waals surface area contributed by atoms with Crippen LogP contribution in [0.1, 0.15) is 43.0 Å². The fourth-order valence-corrected chi connectivity index (χ4v) is 3.08. The first-order valence-electron chi connectivity index (χ1n) is 7.99. The van der Waals surface area contributed by atoms with Crippen LogP contribution in [0.3, 0.4) is 0 Å². The zero-order chi connectivity index (χ0) is 17.4. The summed E-state index contributed by atoms with van der Waals surface area (Å²) in [6, 6.07) is 19.9. The molecule has 0 radical (unpaired) electrons. The van der Waals surface area contributed by atoms with Gasteiger partial charge in [-0.15, -0.1) is 0 Å². The molecule has 0 aromatic heterocycles. The highest BCUT2D eigenvalue weighted by atomic mass is 16.1. The van der Waals surface area contributed by atoms with Crippen molar-refractivity contribution in [2.45, 2.75) is 0 Å². The minimum atomic E-state index is -0.107. The van der Waals surface area contributed by atoms with Crippen molar-refractivity contribution >= 4 is 29.4 Å². The Hall–Kier alpha value is -3.46. The summed E-state index contributed by atoms with van der Waals surface area (Å²) in [5, 5.41) is 0. The van der Waals surface area contributed by atoms with Crippen molar-refractivity contribution in [3.8, 4) is 0 Å². The molecule has 0 aliphatic heterocycles. The molecule has 3 heteroatoms. The lowest BCUT2D eigenvalue weighted by Gasteiger charge is -2.17. The molecular formula is C22H15NO2. The molecule has 0 heterocycles. The zero-order valence-corrected chi connectivity index (χ0v) is 13.4. The smallest absolute Gasteiger partial charge is 0.194 e. The topological polar surface area (TPSA) is 60.2 Å². The zero-order valence-electron chi connectivity index (χ0n) is 13.4. The second-order valence-corrected chi connectivity index (χ2v) is 6.01. The number of carbonyl (C=O) groups is 2. The molecule has 0 fully saturated rings. The Balaban J connectivity index is 1.73. The average molecular weight is 325 g/mol. The predicted octanol–water partition coefficient (Wildman–Crippen LogP) is 4.21. The van der Waals surface area contributed by atoms with E-state index in [-0.39, 0.29) is 11.6 Å². The fourth-order valence-electron chi connectivity index (χ4n) is 3.08. The second kappa shape index (κ2) is 5.87. The molecule has 3 aromatic rings. The minimum absolute atomic E-state index is 0.100. The van der Waals surface area contributed by atoms with Crippen molar-refractivity contribution in [2.24, 2.45) is 0 Å². The van der Waals surface area contributed by atoms with Crippen LogP contribution in [-0.4, -0.2) is 11.6 Å². The number of hydrogen-bond donors (Lipinski definition) is 1. The van der Waals surface area contributed by atoms with E-state index in [0.717, 1.165) is 11.1 Å². The van der Waals surface area contributed by atoms with Gasteiger partial charge in [-0.2, -0.15) is 0 Å². The van der Waals surface area contributed by atoms with Crippen LogP contribution >= 0.6 is 0 Å². The first kappa shape index (κ1) is 15.1. The third-order valence-electron chi connectivity index (χ3n) is 4.33. The maximum Gasteiger partial charge on any atom is 0.194 e. The third-order valence-corrected chi connectivity index (χ3v) is 4.33. The van der Waals surface area contributed by atoms with Crippen molar-refractivity contribution in [1.82, 2.24) is 0 Å². The Morgan fingerprint density at radius 2 is 1.20 bits per heavy atom. The summed E-state index contributed by atoms with van der Waals surface area (Å²) in [5.74, 6) is -0.207. The molecular weight excluding hydrogens is 310 g/mol. The lowest BCUT2D eigenvalue weighted by molar-refractivity contribution is 0.0979. The molecule has 25 heavy (non-hydrogen) atoms. The van der Waals surface area contributed by atoms with E-state index in [1.165, 1.54) is 0 Å². The molecule has 0 saturated heterocycles. The van der Waals surface area contributed by atoms with Crippen molar-refractivity contribution in [2.75, 3.05) is 5.73 Å². The summed E-state index contributed by atoms with van der Waals surface area (Å²) >= 11 is 0. The molecule has 1 aliphatic rings. The van der Waals surface area contributed by atoms with Gasteiger partial charge in [-0.25, -0.2) is 0 Å². The number of carbonyl (C=O) groups excluding carboxylic acids is 2. The molecule has 3 nitrogen and oxygen atoms in total. The number of anilines is 1. The average Bonchev–Trinajstić information content (AvgIpc) is 2.64. The maximum atomic E-state index is 12.7. The summed E-state index contributed by atoms with van der Waals surface area (Å²) in [5.41, 5.74) is 10.2. The lowest BCUT2D eigenvalue weighted by Crippen LogP contribution is -2.20. The van der Waals surface area contributed by atoms with Crippen LogP contribution in [0.4, 0.5) is 5.69 Å². The summed E-state index contributed by atoms with van der Waals surface area (Å²) < 4.78 is 0. The largest absolute Gasteiger partial charge is 0.399 e. The van der Waals surface area contributed by atoms with Gasteiger partial charge in [-0.3, -0.25) is 9.59 Å². The predicted molar refractivity (Wildman–Crippen MR) is 99.5 cm³/mol. The summed E-state index contributed by atoms with van der Waals surface area (Å²) in [7, 11) is 0. The van der Waals surface area contributed by atoms with E-state index in [1.54, 1.807) is 36.4 Å². The van der Waals surface area contributed by atoms with Crippen LogP contribution in [0.25, 0.3) is 12.2 Å².